The summed E-state index contributed by atoms with van der Waals surface area (Å²) in [4.78, 5) is 4.39. The molecule has 0 aromatic carbocycles. The fourth-order valence-electron chi connectivity index (χ4n) is 2.00. The summed E-state index contributed by atoms with van der Waals surface area (Å²) < 4.78 is 0. The fraction of sp³-hybridized carbons (Fsp3) is 0.643. The van der Waals surface area contributed by atoms with Crippen molar-refractivity contribution in [3.05, 3.63) is 30.1 Å². The van der Waals surface area contributed by atoms with E-state index in [2.05, 4.69) is 51.0 Å². The van der Waals surface area contributed by atoms with Crippen molar-refractivity contribution in [2.24, 2.45) is 5.41 Å². The fourth-order valence-corrected chi connectivity index (χ4v) is 2.00. The largest absolute Gasteiger partial charge is 0.306 e. The van der Waals surface area contributed by atoms with E-state index in [-0.39, 0.29) is 5.41 Å². The molecule has 0 fully saturated rings. The first-order valence-electron chi connectivity index (χ1n) is 6.12. The van der Waals surface area contributed by atoms with E-state index >= 15 is 0 Å². The number of pyridine rings is 1. The predicted molar refractivity (Wildman–Crippen MR) is 69.3 cm³/mol. The highest BCUT2D eigenvalue weighted by Crippen LogP contribution is 2.24. The minimum atomic E-state index is 0.289. The zero-order valence-corrected chi connectivity index (χ0v) is 11.1. The first-order valence-corrected chi connectivity index (χ1v) is 6.12. The van der Waals surface area contributed by atoms with Crippen molar-refractivity contribution in [2.45, 2.75) is 53.1 Å². The maximum atomic E-state index is 4.39. The van der Waals surface area contributed by atoms with Gasteiger partial charge in [0.1, 0.15) is 0 Å². The Bertz CT molecular complexity index is 300. The van der Waals surface area contributed by atoms with E-state index in [0.717, 1.165) is 12.1 Å². The second-order valence-electron chi connectivity index (χ2n) is 5.47. The summed E-state index contributed by atoms with van der Waals surface area (Å²) in [5.74, 6) is 0. The third-order valence-electron chi connectivity index (χ3n) is 3.04. The predicted octanol–water partition coefficient (Wildman–Crippen LogP) is 3.56. The quantitative estimate of drug-likeness (QED) is 0.839. The number of rotatable bonds is 4. The Labute approximate surface area is 99.5 Å². The lowest BCUT2D eigenvalue weighted by Crippen LogP contribution is -2.41. The monoisotopic (exact) mass is 220 g/mol. The third-order valence-corrected chi connectivity index (χ3v) is 3.04. The number of nitrogens with zero attached hydrogens (tertiary/aromatic N) is 1. The van der Waals surface area contributed by atoms with Gasteiger partial charge in [-0.05, 0) is 30.9 Å². The summed E-state index contributed by atoms with van der Waals surface area (Å²) in [5.41, 5.74) is 1.41. The topological polar surface area (TPSA) is 24.9 Å². The van der Waals surface area contributed by atoms with Gasteiger partial charge in [-0.3, -0.25) is 4.98 Å². The lowest BCUT2D eigenvalue weighted by molar-refractivity contribution is 0.243. The van der Waals surface area contributed by atoms with Gasteiger partial charge in [0.15, 0.2) is 0 Å². The highest BCUT2D eigenvalue weighted by atomic mass is 15.0. The molecule has 0 aliphatic heterocycles. The normalized spacial score (nSPS) is 15.8. The molecule has 16 heavy (non-hydrogen) atoms. The molecule has 2 nitrogen and oxygen atoms in total. The Morgan fingerprint density at radius 3 is 2.44 bits per heavy atom. The Balaban J connectivity index is 2.67. The Kier molecular flexibility index (Phi) is 4.48. The van der Waals surface area contributed by atoms with Crippen molar-refractivity contribution in [1.29, 1.82) is 0 Å². The Morgan fingerprint density at radius 1 is 1.31 bits per heavy atom. The van der Waals surface area contributed by atoms with Gasteiger partial charge in [0.2, 0.25) is 0 Å². The van der Waals surface area contributed by atoms with Crippen molar-refractivity contribution in [3.8, 4) is 0 Å². The highest BCUT2D eigenvalue weighted by molar-refractivity contribution is 5.08. The molecular weight excluding hydrogens is 196 g/mol. The van der Waals surface area contributed by atoms with Crippen LogP contribution < -0.4 is 5.32 Å². The van der Waals surface area contributed by atoms with Crippen LogP contribution in [0.1, 0.15) is 52.8 Å². The second kappa shape index (κ2) is 5.44. The molecule has 0 bridgehead atoms. The zero-order chi connectivity index (χ0) is 12.2. The van der Waals surface area contributed by atoms with E-state index in [4.69, 9.17) is 0 Å². The van der Waals surface area contributed by atoms with Crippen LogP contribution in [0.5, 0.6) is 0 Å². The Morgan fingerprint density at radius 2 is 2.00 bits per heavy atom. The molecule has 0 spiro atoms. The van der Waals surface area contributed by atoms with Gasteiger partial charge in [-0.1, -0.05) is 33.8 Å². The van der Waals surface area contributed by atoms with Crippen molar-refractivity contribution in [2.75, 3.05) is 0 Å². The maximum absolute atomic E-state index is 4.39. The molecule has 0 radical (unpaired) electrons. The molecule has 1 aromatic rings. The van der Waals surface area contributed by atoms with Crippen LogP contribution in [-0.4, -0.2) is 11.0 Å². The van der Waals surface area contributed by atoms with Crippen molar-refractivity contribution in [1.82, 2.24) is 10.3 Å². The molecule has 1 N–H and O–H groups in total. The van der Waals surface area contributed by atoms with Crippen LogP contribution in [0, 0.1) is 5.41 Å². The van der Waals surface area contributed by atoms with Crippen LogP contribution in [0.2, 0.25) is 0 Å². The van der Waals surface area contributed by atoms with Crippen LogP contribution >= 0.6 is 0 Å². The third kappa shape index (κ3) is 3.60. The van der Waals surface area contributed by atoms with E-state index in [1.807, 2.05) is 18.3 Å². The molecule has 1 aromatic heterocycles. The first-order chi connectivity index (χ1) is 7.45. The summed E-state index contributed by atoms with van der Waals surface area (Å²) in [6, 6.07) is 6.90. The average Bonchev–Trinajstić information content (AvgIpc) is 2.25. The van der Waals surface area contributed by atoms with E-state index in [1.165, 1.54) is 0 Å². The van der Waals surface area contributed by atoms with Crippen LogP contribution in [0.15, 0.2) is 24.4 Å². The summed E-state index contributed by atoms with van der Waals surface area (Å²) in [6.07, 6.45) is 2.99. The minimum absolute atomic E-state index is 0.289. The number of aromatic nitrogens is 1. The maximum Gasteiger partial charge on any atom is 0.0570 e. The number of hydrogen-bond donors (Lipinski definition) is 1. The Hall–Kier alpha value is -0.890. The van der Waals surface area contributed by atoms with Crippen LogP contribution in [-0.2, 0) is 0 Å². The lowest BCUT2D eigenvalue weighted by Gasteiger charge is -2.33. The molecule has 90 valence electrons. The molecule has 0 saturated heterocycles. The standard InChI is InChI=1S/C14H24N2/c1-6-13(14(3,4)5)16-11(2)12-9-7-8-10-15-12/h7-11,13,16H,6H2,1-5H3. The molecule has 2 atom stereocenters. The SMILES string of the molecule is CCC(NC(C)c1ccccn1)C(C)(C)C. The van der Waals surface area contributed by atoms with Gasteiger partial charge in [-0.25, -0.2) is 0 Å². The van der Waals surface area contributed by atoms with Crippen LogP contribution in [0.3, 0.4) is 0 Å². The molecule has 0 aliphatic carbocycles. The first kappa shape index (κ1) is 13.2. The van der Waals surface area contributed by atoms with E-state index in [9.17, 15) is 0 Å². The van der Waals surface area contributed by atoms with Gasteiger partial charge in [0, 0.05) is 18.3 Å². The summed E-state index contributed by atoms with van der Waals surface area (Å²) >= 11 is 0. The number of hydrogen-bond acceptors (Lipinski definition) is 2. The number of nitrogens with one attached hydrogen (secondary N) is 1. The molecule has 0 aliphatic rings. The van der Waals surface area contributed by atoms with Gasteiger partial charge in [-0.2, -0.15) is 0 Å². The molecular formula is C14H24N2. The van der Waals surface area contributed by atoms with E-state index < -0.39 is 0 Å². The van der Waals surface area contributed by atoms with Gasteiger partial charge >= 0.3 is 0 Å². The van der Waals surface area contributed by atoms with Crippen molar-refractivity contribution >= 4 is 0 Å². The average molecular weight is 220 g/mol. The summed E-state index contributed by atoms with van der Waals surface area (Å²) in [7, 11) is 0. The molecule has 2 unspecified atom stereocenters. The lowest BCUT2D eigenvalue weighted by atomic mass is 9.84. The molecule has 0 saturated carbocycles. The van der Waals surface area contributed by atoms with Gasteiger partial charge in [-0.15, -0.1) is 0 Å². The van der Waals surface area contributed by atoms with E-state index in [1.54, 1.807) is 0 Å². The highest BCUT2D eigenvalue weighted by Gasteiger charge is 2.24. The van der Waals surface area contributed by atoms with Crippen molar-refractivity contribution in [3.63, 3.8) is 0 Å². The van der Waals surface area contributed by atoms with Crippen LogP contribution in [0.4, 0.5) is 0 Å². The van der Waals surface area contributed by atoms with Crippen LogP contribution in [0.25, 0.3) is 0 Å². The van der Waals surface area contributed by atoms with Crippen molar-refractivity contribution < 1.29 is 0 Å². The van der Waals surface area contributed by atoms with Gasteiger partial charge < -0.3 is 5.32 Å². The molecule has 0 amide bonds. The van der Waals surface area contributed by atoms with Gasteiger partial charge in [0.25, 0.3) is 0 Å². The molecule has 1 rings (SSSR count). The molecule has 1 heterocycles. The summed E-state index contributed by atoms with van der Waals surface area (Å²) in [5, 5.41) is 3.66. The van der Waals surface area contributed by atoms with Gasteiger partial charge in [0.05, 0.1) is 5.69 Å². The smallest absolute Gasteiger partial charge is 0.0570 e. The second-order valence-corrected chi connectivity index (χ2v) is 5.47. The zero-order valence-electron chi connectivity index (χ0n) is 11.1. The summed E-state index contributed by atoms with van der Waals surface area (Å²) in [6.45, 7) is 11.2. The molecule has 2 heteroatoms. The van der Waals surface area contributed by atoms with E-state index in [0.29, 0.717) is 12.1 Å². The minimum Gasteiger partial charge on any atom is -0.306 e.